The van der Waals surface area contributed by atoms with Crippen molar-refractivity contribution in [2.75, 3.05) is 19.8 Å². The normalized spacial score (nSPS) is 15.7. The first kappa shape index (κ1) is 34.0. The van der Waals surface area contributed by atoms with Gasteiger partial charge in [0.15, 0.2) is 0 Å². The molecule has 1 atom stereocenters. The lowest BCUT2D eigenvalue weighted by molar-refractivity contribution is -0.447. The van der Waals surface area contributed by atoms with Crippen molar-refractivity contribution in [3.05, 3.63) is 12.7 Å². The van der Waals surface area contributed by atoms with E-state index in [1.807, 2.05) is 0 Å². The molecule has 1 N–H and O–H groups in total. The Hall–Kier alpha value is -1.99. The maximum Gasteiger partial charge on any atom is 0.384 e. The Balaban J connectivity index is 5.77. The van der Waals surface area contributed by atoms with E-state index in [1.54, 1.807) is 0 Å². The van der Waals surface area contributed by atoms with Crippen LogP contribution in [0.4, 0.5) is 70.2 Å². The zero-order valence-electron chi connectivity index (χ0n) is 17.0. The Bertz CT molecular complexity index is 767. The predicted molar refractivity (Wildman–Crippen MR) is 83.2 cm³/mol. The molecule has 0 aliphatic rings. The van der Waals surface area contributed by atoms with Crippen molar-refractivity contribution < 1.29 is 89.6 Å². The van der Waals surface area contributed by atoms with Gasteiger partial charge in [0.05, 0.1) is 13.2 Å². The van der Waals surface area contributed by atoms with Gasteiger partial charge in [-0.2, -0.15) is 61.5 Å². The fourth-order valence-corrected chi connectivity index (χ4v) is 2.03. The molecule has 0 aromatic heterocycles. The van der Waals surface area contributed by atoms with E-state index >= 15 is 0 Å². The summed E-state index contributed by atoms with van der Waals surface area (Å²) in [5, 5.41) is 9.23. The molecule has 1 unspecified atom stereocenters. The maximum atomic E-state index is 13.6. The van der Waals surface area contributed by atoms with Crippen molar-refractivity contribution in [1.82, 2.24) is 0 Å². The first-order valence-electron chi connectivity index (χ1n) is 8.77. The van der Waals surface area contributed by atoms with E-state index in [9.17, 15) is 80.1 Å². The number of esters is 1. The second-order valence-corrected chi connectivity index (χ2v) is 6.81. The highest BCUT2D eigenvalue weighted by atomic mass is 19.4. The van der Waals surface area contributed by atoms with Crippen LogP contribution in [0.15, 0.2) is 12.7 Å². The second kappa shape index (κ2) is 10.8. The molecule has 0 aromatic rings. The molecule has 0 saturated heterocycles. The third kappa shape index (κ3) is 5.77. The number of rotatable bonds is 15. The van der Waals surface area contributed by atoms with Gasteiger partial charge in [-0.15, -0.1) is 0 Å². The minimum absolute atomic E-state index is 0.597. The molecule has 0 bridgehead atoms. The monoisotopic (exact) mass is 574 g/mol. The molecule has 36 heavy (non-hydrogen) atoms. The van der Waals surface area contributed by atoms with Gasteiger partial charge in [0, 0.05) is 12.5 Å². The first-order valence-corrected chi connectivity index (χ1v) is 8.77. The van der Waals surface area contributed by atoms with E-state index in [2.05, 4.69) is 16.1 Å². The van der Waals surface area contributed by atoms with Gasteiger partial charge in [-0.25, -0.2) is 13.6 Å². The molecule has 0 rings (SSSR count). The summed E-state index contributed by atoms with van der Waals surface area (Å²) in [5.74, 6) is -56.1. The zero-order chi connectivity index (χ0) is 29.2. The minimum atomic E-state index is -8.46. The molecule has 0 fully saturated rings. The minimum Gasteiger partial charge on any atom is -0.460 e. The van der Waals surface area contributed by atoms with Crippen molar-refractivity contribution in [3.8, 4) is 0 Å². The summed E-state index contributed by atoms with van der Waals surface area (Å²) in [7, 11) is 0. The largest absolute Gasteiger partial charge is 0.460 e. The predicted octanol–water partition coefficient (Wildman–Crippen LogP) is 5.20. The number of hydrogen-bond donors (Lipinski definition) is 1. The summed E-state index contributed by atoms with van der Waals surface area (Å²) in [6.07, 6.45) is -9.90. The van der Waals surface area contributed by atoms with Gasteiger partial charge in [-0.05, 0) is 0 Å². The second-order valence-electron chi connectivity index (χ2n) is 6.81. The van der Waals surface area contributed by atoms with Crippen molar-refractivity contribution in [2.45, 2.75) is 60.4 Å². The lowest BCUT2D eigenvalue weighted by atomic mass is 9.88. The van der Waals surface area contributed by atoms with Crippen molar-refractivity contribution >= 4 is 5.97 Å². The molecule has 214 valence electrons. The molecule has 0 saturated carbocycles. The quantitative estimate of drug-likeness (QED) is 0.127. The first-order chi connectivity index (χ1) is 15.8. The van der Waals surface area contributed by atoms with Crippen LogP contribution in [0.1, 0.15) is 6.42 Å². The lowest BCUT2D eigenvalue weighted by Crippen LogP contribution is -2.73. The Labute approximate surface area is 189 Å². The molecule has 0 amide bonds. The smallest absolute Gasteiger partial charge is 0.384 e. The van der Waals surface area contributed by atoms with Crippen molar-refractivity contribution in [3.63, 3.8) is 0 Å². The molecule has 0 spiro atoms. The third-order valence-corrected chi connectivity index (χ3v) is 4.18. The number of hydrogen-bond acceptors (Lipinski definition) is 4. The van der Waals surface area contributed by atoms with Gasteiger partial charge in [0.25, 0.3) is 0 Å². The SMILES string of the molecule is C=CC(=O)OCC(O)COCCC(F)(F)C(F)(F)C(F)(F)C(F)(F)C(F)(F)C(F)(F)C(F)(F)C(F)F. The van der Waals surface area contributed by atoms with Crippen LogP contribution in [0.2, 0.25) is 0 Å². The van der Waals surface area contributed by atoms with Gasteiger partial charge in [0.2, 0.25) is 0 Å². The average molecular weight is 574 g/mol. The molecule has 0 radical (unpaired) electrons. The van der Waals surface area contributed by atoms with Gasteiger partial charge in [-0.1, -0.05) is 6.58 Å². The topological polar surface area (TPSA) is 55.8 Å². The number of carbonyl (C=O) groups excluding carboxylic acids is 1. The van der Waals surface area contributed by atoms with Crippen LogP contribution < -0.4 is 0 Å². The highest BCUT2D eigenvalue weighted by molar-refractivity contribution is 5.81. The van der Waals surface area contributed by atoms with E-state index < -0.39 is 86.2 Å². The Morgan fingerprint density at radius 1 is 0.750 bits per heavy atom. The van der Waals surface area contributed by atoms with Crippen LogP contribution >= 0.6 is 0 Å². The van der Waals surface area contributed by atoms with Gasteiger partial charge in [-0.3, -0.25) is 0 Å². The zero-order valence-corrected chi connectivity index (χ0v) is 17.0. The number of aliphatic hydroxyl groups excluding tert-OH is 1. The molecule has 0 aromatic carbocycles. The van der Waals surface area contributed by atoms with Crippen LogP contribution in [0.25, 0.3) is 0 Å². The van der Waals surface area contributed by atoms with Gasteiger partial charge in [0.1, 0.15) is 12.7 Å². The molecular formula is C16H14F16O4. The molecule has 4 nitrogen and oxygen atoms in total. The number of halogens is 16. The summed E-state index contributed by atoms with van der Waals surface area (Å²) in [4.78, 5) is 10.7. The van der Waals surface area contributed by atoms with E-state index in [-0.39, 0.29) is 0 Å². The van der Waals surface area contributed by atoms with E-state index in [0.717, 1.165) is 0 Å². The molecule has 0 aliphatic heterocycles. The summed E-state index contributed by atoms with van der Waals surface area (Å²) < 4.78 is 219. The molecule has 20 heteroatoms. The molecule has 0 aliphatic carbocycles. The summed E-state index contributed by atoms with van der Waals surface area (Å²) >= 11 is 0. The van der Waals surface area contributed by atoms with Crippen molar-refractivity contribution in [1.29, 1.82) is 0 Å². The third-order valence-electron chi connectivity index (χ3n) is 4.18. The van der Waals surface area contributed by atoms with Crippen LogP contribution in [0, 0.1) is 0 Å². The average Bonchev–Trinajstić information content (AvgIpc) is 2.73. The summed E-state index contributed by atoms with van der Waals surface area (Å²) in [5.41, 5.74) is 0. The number of ether oxygens (including phenoxy) is 2. The van der Waals surface area contributed by atoms with E-state index in [4.69, 9.17) is 0 Å². The standard InChI is InChI=1S/C16H14F16O4/c1-2-8(34)36-6-7(33)5-35-4-3-10(19,20)12(23,24)14(27,28)16(31,32)15(29,30)13(25,26)11(21,22)9(17)18/h2,7,9,33H,1,3-6H2. The van der Waals surface area contributed by atoms with Gasteiger partial charge >= 0.3 is 53.9 Å². The molecule has 0 heterocycles. The van der Waals surface area contributed by atoms with Crippen LogP contribution in [0.3, 0.4) is 0 Å². The highest BCUT2D eigenvalue weighted by Crippen LogP contribution is 2.63. The Morgan fingerprint density at radius 3 is 1.58 bits per heavy atom. The fraction of sp³-hybridized carbons (Fsp3) is 0.812. The number of carbonyl (C=O) groups is 1. The fourth-order valence-electron chi connectivity index (χ4n) is 2.03. The maximum absolute atomic E-state index is 13.6. The van der Waals surface area contributed by atoms with Gasteiger partial charge < -0.3 is 14.6 Å². The number of aliphatic hydroxyl groups is 1. The van der Waals surface area contributed by atoms with Crippen molar-refractivity contribution in [2.24, 2.45) is 0 Å². The molecular weight excluding hydrogens is 560 g/mol. The summed E-state index contributed by atoms with van der Waals surface area (Å²) in [6, 6.07) is 0. The van der Waals surface area contributed by atoms with Crippen LogP contribution in [-0.2, 0) is 14.3 Å². The van der Waals surface area contributed by atoms with E-state index in [1.165, 1.54) is 0 Å². The Morgan fingerprint density at radius 2 is 1.17 bits per heavy atom. The Kier molecular flexibility index (Phi) is 10.2. The highest BCUT2D eigenvalue weighted by Gasteiger charge is 2.93. The van der Waals surface area contributed by atoms with E-state index in [0.29, 0.717) is 6.08 Å². The van der Waals surface area contributed by atoms with Crippen LogP contribution in [0.5, 0.6) is 0 Å². The number of alkyl halides is 16. The van der Waals surface area contributed by atoms with Crippen LogP contribution in [-0.4, -0.2) is 84.9 Å². The lowest BCUT2D eigenvalue weighted by Gasteiger charge is -2.42. The summed E-state index contributed by atoms with van der Waals surface area (Å²) in [6.45, 7) is -0.949.